The maximum Gasteiger partial charge on any atom is 0.164 e. The lowest BCUT2D eigenvalue weighted by molar-refractivity contribution is 0.0670. The van der Waals surface area contributed by atoms with Crippen molar-refractivity contribution in [3.05, 3.63) is 23.8 Å². The average Bonchev–Trinajstić information content (AvgIpc) is 2.75. The molecule has 0 spiro atoms. The number of hydrogen-bond acceptors (Lipinski definition) is 1. The van der Waals surface area contributed by atoms with Gasteiger partial charge in [0, 0.05) is 6.61 Å². The van der Waals surface area contributed by atoms with Crippen LogP contribution in [-0.2, 0) is 4.74 Å². The van der Waals surface area contributed by atoms with E-state index in [0.717, 1.165) is 43.4 Å². The monoisotopic (exact) mass is 396 g/mol. The lowest BCUT2D eigenvalue weighted by Gasteiger charge is -2.38. The number of hydrogen-bond donors (Lipinski definition) is 0. The van der Waals surface area contributed by atoms with Gasteiger partial charge in [0.15, 0.2) is 11.7 Å². The molecule has 0 N–H and O–H groups in total. The third-order valence-electron chi connectivity index (χ3n) is 7.30. The first-order valence-electron chi connectivity index (χ1n) is 11.9. The van der Waals surface area contributed by atoms with E-state index in [-0.39, 0.29) is 5.92 Å². The van der Waals surface area contributed by atoms with Crippen molar-refractivity contribution in [2.24, 2.45) is 23.7 Å². The van der Waals surface area contributed by atoms with E-state index in [1.165, 1.54) is 44.9 Å². The van der Waals surface area contributed by atoms with Crippen LogP contribution >= 0.6 is 0 Å². The van der Waals surface area contributed by atoms with E-state index >= 15 is 0 Å². The Kier molecular flexibility index (Phi) is 10.2. The van der Waals surface area contributed by atoms with E-state index in [1.807, 2.05) is 6.92 Å². The molecule has 2 saturated carbocycles. The zero-order valence-corrected chi connectivity index (χ0v) is 18.5. The van der Waals surface area contributed by atoms with E-state index in [0.29, 0.717) is 18.6 Å². The van der Waals surface area contributed by atoms with Crippen LogP contribution in [0.3, 0.4) is 0 Å². The Hall–Kier alpha value is -0.700. The van der Waals surface area contributed by atoms with Crippen LogP contribution < -0.4 is 0 Å². The molecule has 2 aliphatic carbocycles. The molecule has 0 amide bonds. The van der Waals surface area contributed by atoms with Crippen molar-refractivity contribution in [2.45, 2.75) is 104 Å². The summed E-state index contributed by atoms with van der Waals surface area (Å²) in [5.41, 5.74) is 0.359. The number of allylic oxidation sites excluding steroid dienone is 2. The van der Waals surface area contributed by atoms with Gasteiger partial charge in [-0.05, 0) is 81.1 Å². The first kappa shape index (κ1) is 23.6. The third kappa shape index (κ3) is 6.40. The van der Waals surface area contributed by atoms with Crippen LogP contribution in [-0.4, -0.2) is 12.7 Å². The molecule has 0 aromatic carbocycles. The molecular weight excluding hydrogens is 354 g/mol. The molecule has 0 aromatic heterocycles. The highest BCUT2D eigenvalue weighted by Gasteiger charge is 2.33. The number of halogens is 2. The van der Waals surface area contributed by atoms with E-state index < -0.39 is 17.8 Å². The van der Waals surface area contributed by atoms with Crippen LogP contribution in [0.4, 0.5) is 8.78 Å². The summed E-state index contributed by atoms with van der Waals surface area (Å²) in [4.78, 5) is 0. The highest BCUT2D eigenvalue weighted by atomic mass is 19.2. The van der Waals surface area contributed by atoms with Crippen LogP contribution in [0, 0.1) is 23.7 Å². The zero-order chi connectivity index (χ0) is 20.5. The smallest absolute Gasteiger partial charge is 0.164 e. The van der Waals surface area contributed by atoms with Crippen molar-refractivity contribution in [1.82, 2.24) is 0 Å². The second-order valence-corrected chi connectivity index (χ2v) is 9.07. The fourth-order valence-electron chi connectivity index (χ4n) is 5.43. The molecule has 2 fully saturated rings. The van der Waals surface area contributed by atoms with Crippen molar-refractivity contribution >= 4 is 0 Å². The summed E-state index contributed by atoms with van der Waals surface area (Å²) in [5.74, 6) is 1.15. The van der Waals surface area contributed by atoms with Gasteiger partial charge >= 0.3 is 0 Å². The predicted molar refractivity (Wildman–Crippen MR) is 115 cm³/mol. The largest absolute Gasteiger partial charge is 0.371 e. The molecule has 2 rings (SSSR count). The van der Waals surface area contributed by atoms with Crippen LogP contribution in [0.2, 0.25) is 0 Å². The molecule has 1 nitrogen and oxygen atoms in total. The molecule has 0 radical (unpaired) electrons. The van der Waals surface area contributed by atoms with Crippen LogP contribution in [0.15, 0.2) is 23.8 Å². The normalized spacial score (nSPS) is 30.6. The fourth-order valence-corrected chi connectivity index (χ4v) is 5.43. The molecule has 2 aliphatic rings. The molecule has 0 aromatic rings. The van der Waals surface area contributed by atoms with Gasteiger partial charge in [-0.3, -0.25) is 0 Å². The highest BCUT2D eigenvalue weighted by Crippen LogP contribution is 2.44. The van der Waals surface area contributed by atoms with Gasteiger partial charge in [0.1, 0.15) is 6.10 Å². The Balaban J connectivity index is 1.82. The van der Waals surface area contributed by atoms with Gasteiger partial charge in [0.2, 0.25) is 0 Å². The molecule has 0 saturated heterocycles. The van der Waals surface area contributed by atoms with Crippen LogP contribution in [0.1, 0.15) is 97.8 Å². The Morgan fingerprint density at radius 1 is 0.929 bits per heavy atom. The number of ether oxygens (including phenoxy) is 1. The minimum atomic E-state index is -0.777. The molecule has 0 aliphatic heterocycles. The fraction of sp³-hybridized carbons (Fsp3) is 0.840. The maximum atomic E-state index is 14.7. The molecule has 1 atom stereocenters. The van der Waals surface area contributed by atoms with Gasteiger partial charge in [-0.1, -0.05) is 52.5 Å². The van der Waals surface area contributed by atoms with E-state index in [1.54, 1.807) is 6.92 Å². The molecule has 3 heteroatoms. The summed E-state index contributed by atoms with van der Waals surface area (Å²) >= 11 is 0. The van der Waals surface area contributed by atoms with Gasteiger partial charge < -0.3 is 4.74 Å². The van der Waals surface area contributed by atoms with Crippen molar-refractivity contribution in [2.75, 3.05) is 6.61 Å². The average molecular weight is 397 g/mol. The van der Waals surface area contributed by atoms with Crippen molar-refractivity contribution in [1.29, 1.82) is 0 Å². The Bertz CT molecular complexity index is 497. The topological polar surface area (TPSA) is 9.23 Å². The molecule has 1 unspecified atom stereocenters. The predicted octanol–water partition coefficient (Wildman–Crippen LogP) is 8.31. The molecule has 28 heavy (non-hydrogen) atoms. The zero-order valence-electron chi connectivity index (χ0n) is 18.5. The Morgan fingerprint density at radius 2 is 1.50 bits per heavy atom. The van der Waals surface area contributed by atoms with Gasteiger partial charge in [0.05, 0.1) is 0 Å². The van der Waals surface area contributed by atoms with Crippen molar-refractivity contribution in [3.63, 3.8) is 0 Å². The quantitative estimate of drug-likeness (QED) is 0.337. The summed E-state index contributed by atoms with van der Waals surface area (Å²) in [7, 11) is 0. The summed E-state index contributed by atoms with van der Waals surface area (Å²) in [6, 6.07) is 0. The Labute approximate surface area is 172 Å². The summed E-state index contributed by atoms with van der Waals surface area (Å²) in [6.45, 7) is 10.2. The second kappa shape index (κ2) is 12.1. The van der Waals surface area contributed by atoms with Crippen molar-refractivity contribution < 1.29 is 13.5 Å². The lowest BCUT2D eigenvalue weighted by Crippen LogP contribution is -2.26. The third-order valence-corrected chi connectivity index (χ3v) is 7.30. The van der Waals surface area contributed by atoms with Gasteiger partial charge in [-0.25, -0.2) is 8.78 Å². The van der Waals surface area contributed by atoms with Crippen LogP contribution in [0.5, 0.6) is 0 Å². The lowest BCUT2D eigenvalue weighted by atomic mass is 9.68. The maximum absolute atomic E-state index is 14.7. The highest BCUT2D eigenvalue weighted by molar-refractivity contribution is 5.29. The standard InChI is InChI=1S/C25H42F2O/c1-5-8-9-19-10-12-21(13-11-19)22-16-14-20(15-17-22)18(4)24(26)25(27)23(6-2)28-7-3/h19-23H,4-17H2,1-3H3/b25-24-. The SMILES string of the molecule is C=C(/C(F)=C(/F)C(CC)OCC)C1CCC(C2CCC(CCCC)CC2)CC1. The molecular formula is C25H42F2O. The summed E-state index contributed by atoms with van der Waals surface area (Å²) < 4.78 is 34.4. The Morgan fingerprint density at radius 3 is 2.00 bits per heavy atom. The first-order valence-corrected chi connectivity index (χ1v) is 11.9. The molecule has 162 valence electrons. The molecule has 0 bridgehead atoms. The van der Waals surface area contributed by atoms with E-state index in [9.17, 15) is 8.78 Å². The summed E-state index contributed by atoms with van der Waals surface area (Å²) in [5, 5.41) is 0. The minimum absolute atomic E-state index is 0.0852. The number of unbranched alkanes of at least 4 members (excludes halogenated alkanes) is 1. The van der Waals surface area contributed by atoms with E-state index in [2.05, 4.69) is 13.5 Å². The van der Waals surface area contributed by atoms with Crippen molar-refractivity contribution in [3.8, 4) is 0 Å². The number of rotatable bonds is 10. The second-order valence-electron chi connectivity index (χ2n) is 9.07. The van der Waals surface area contributed by atoms with Gasteiger partial charge in [0.25, 0.3) is 0 Å². The first-order chi connectivity index (χ1) is 13.5. The van der Waals surface area contributed by atoms with Crippen LogP contribution in [0.25, 0.3) is 0 Å². The minimum Gasteiger partial charge on any atom is -0.371 e. The molecule has 0 heterocycles. The van der Waals surface area contributed by atoms with E-state index in [4.69, 9.17) is 4.74 Å². The van der Waals surface area contributed by atoms with Gasteiger partial charge in [-0.15, -0.1) is 0 Å². The summed E-state index contributed by atoms with van der Waals surface area (Å²) in [6.07, 6.45) is 13.5. The van der Waals surface area contributed by atoms with Gasteiger partial charge in [-0.2, -0.15) is 0 Å².